The van der Waals surface area contributed by atoms with Crippen LogP contribution in [0.5, 0.6) is 0 Å². The van der Waals surface area contributed by atoms with E-state index in [9.17, 15) is 9.59 Å². The first-order chi connectivity index (χ1) is 6.74. The maximum atomic E-state index is 11.4. The maximum Gasteiger partial charge on any atom is 0.306 e. The highest BCUT2D eigenvalue weighted by molar-refractivity contribution is 5.85. The third kappa shape index (κ3) is 4.99. The van der Waals surface area contributed by atoms with Gasteiger partial charge in [0, 0.05) is 19.5 Å². The fraction of sp³-hybridized carbons (Fsp3) is 0.778. The van der Waals surface area contributed by atoms with Crippen LogP contribution in [-0.4, -0.2) is 49.7 Å². The number of hydrogen-bond acceptors (Lipinski definition) is 4. The molecule has 0 N–H and O–H groups in total. The van der Waals surface area contributed by atoms with Crippen molar-refractivity contribution in [3.05, 3.63) is 0 Å². The van der Waals surface area contributed by atoms with Crippen LogP contribution >= 0.6 is 12.4 Å². The summed E-state index contributed by atoms with van der Waals surface area (Å²) < 4.78 is 9.83. The molecule has 1 heterocycles. The molecular weight excluding hydrogens is 222 g/mol. The van der Waals surface area contributed by atoms with E-state index in [0.717, 1.165) is 0 Å². The van der Waals surface area contributed by atoms with Gasteiger partial charge >= 0.3 is 5.97 Å². The number of halogens is 1. The zero-order valence-electron chi connectivity index (χ0n) is 8.73. The third-order valence-electron chi connectivity index (χ3n) is 2.01. The Morgan fingerprint density at radius 1 is 1.33 bits per heavy atom. The minimum Gasteiger partial charge on any atom is -0.456 e. The molecule has 1 aliphatic rings. The fourth-order valence-corrected chi connectivity index (χ4v) is 1.15. The van der Waals surface area contributed by atoms with Gasteiger partial charge in [0.25, 0.3) is 5.91 Å². The van der Waals surface area contributed by atoms with Gasteiger partial charge in [-0.3, -0.25) is 9.59 Å². The summed E-state index contributed by atoms with van der Waals surface area (Å²) in [5, 5.41) is 0. The molecule has 6 heteroatoms. The Labute approximate surface area is 95.1 Å². The van der Waals surface area contributed by atoms with Crippen LogP contribution in [0.2, 0.25) is 0 Å². The van der Waals surface area contributed by atoms with Crippen molar-refractivity contribution in [1.82, 2.24) is 4.90 Å². The van der Waals surface area contributed by atoms with Gasteiger partial charge in [-0.05, 0) is 0 Å². The van der Waals surface area contributed by atoms with E-state index in [2.05, 4.69) is 0 Å². The van der Waals surface area contributed by atoms with Crippen molar-refractivity contribution in [3.63, 3.8) is 0 Å². The summed E-state index contributed by atoms with van der Waals surface area (Å²) in [4.78, 5) is 23.8. The number of carbonyl (C=O) groups is 2. The Bertz CT molecular complexity index is 216. The van der Waals surface area contributed by atoms with Crippen LogP contribution in [0.25, 0.3) is 0 Å². The van der Waals surface area contributed by atoms with Crippen LogP contribution < -0.4 is 0 Å². The molecule has 0 saturated carbocycles. The maximum absolute atomic E-state index is 11.4. The molecule has 0 spiro atoms. The Kier molecular flexibility index (Phi) is 7.07. The van der Waals surface area contributed by atoms with Crippen molar-refractivity contribution < 1.29 is 19.1 Å². The standard InChI is InChI=1S/C9H15NO4.ClH/c1-2-9(12)14-7-8(11)10-3-5-13-6-4-10;/h2-7H2,1H3;1H. The average Bonchev–Trinajstić information content (AvgIpc) is 2.26. The summed E-state index contributed by atoms with van der Waals surface area (Å²) in [6.07, 6.45) is 0.302. The molecule has 0 aliphatic carbocycles. The summed E-state index contributed by atoms with van der Waals surface area (Å²) in [5.74, 6) is -0.485. The molecule has 0 unspecified atom stereocenters. The highest BCUT2D eigenvalue weighted by Gasteiger charge is 2.17. The first-order valence-corrected chi connectivity index (χ1v) is 4.75. The predicted octanol–water partition coefficient (Wildman–Crippen LogP) is 0.220. The molecule has 1 saturated heterocycles. The summed E-state index contributed by atoms with van der Waals surface area (Å²) in [7, 11) is 0. The second kappa shape index (κ2) is 7.48. The van der Waals surface area contributed by atoms with Gasteiger partial charge in [0.2, 0.25) is 0 Å². The van der Waals surface area contributed by atoms with Gasteiger partial charge in [-0.2, -0.15) is 0 Å². The number of esters is 1. The number of ether oxygens (including phenoxy) is 2. The molecule has 15 heavy (non-hydrogen) atoms. The van der Waals surface area contributed by atoms with Gasteiger partial charge in [-0.15, -0.1) is 12.4 Å². The smallest absolute Gasteiger partial charge is 0.306 e. The molecule has 5 nitrogen and oxygen atoms in total. The molecule has 0 aromatic carbocycles. The van der Waals surface area contributed by atoms with Crippen molar-refractivity contribution in [2.24, 2.45) is 0 Å². The van der Waals surface area contributed by atoms with Crippen LogP contribution in [0.1, 0.15) is 13.3 Å². The molecular formula is C9H16ClNO4. The molecule has 1 aliphatic heterocycles. The summed E-state index contributed by atoms with van der Waals surface area (Å²) in [6, 6.07) is 0. The molecule has 1 fully saturated rings. The number of rotatable bonds is 3. The quantitative estimate of drug-likeness (QED) is 0.659. The number of amides is 1. The van der Waals surface area contributed by atoms with E-state index in [1.807, 2.05) is 0 Å². The van der Waals surface area contributed by atoms with E-state index >= 15 is 0 Å². The minimum absolute atomic E-state index is 0. The highest BCUT2D eigenvalue weighted by atomic mass is 35.5. The lowest BCUT2D eigenvalue weighted by Gasteiger charge is -2.26. The first-order valence-electron chi connectivity index (χ1n) is 4.75. The van der Waals surface area contributed by atoms with Crippen LogP contribution in [0.4, 0.5) is 0 Å². The Morgan fingerprint density at radius 2 is 1.93 bits per heavy atom. The number of carbonyl (C=O) groups excluding carboxylic acids is 2. The SMILES string of the molecule is CCC(=O)OCC(=O)N1CCOCC1.Cl. The second-order valence-corrected chi connectivity index (χ2v) is 3.01. The molecule has 0 radical (unpaired) electrons. The lowest BCUT2D eigenvalue weighted by Crippen LogP contribution is -2.42. The molecule has 1 rings (SSSR count). The zero-order valence-corrected chi connectivity index (χ0v) is 9.55. The van der Waals surface area contributed by atoms with Crippen molar-refractivity contribution >= 4 is 24.3 Å². The average molecular weight is 238 g/mol. The molecule has 0 bridgehead atoms. The molecule has 0 atom stereocenters. The van der Waals surface area contributed by atoms with E-state index in [1.54, 1.807) is 11.8 Å². The Hall–Kier alpha value is -0.810. The van der Waals surface area contributed by atoms with Crippen molar-refractivity contribution in [3.8, 4) is 0 Å². The van der Waals surface area contributed by atoms with Crippen molar-refractivity contribution in [2.45, 2.75) is 13.3 Å². The van der Waals surface area contributed by atoms with E-state index in [0.29, 0.717) is 32.7 Å². The van der Waals surface area contributed by atoms with Gasteiger partial charge in [0.15, 0.2) is 6.61 Å². The van der Waals surface area contributed by atoms with Gasteiger partial charge in [-0.1, -0.05) is 6.92 Å². The van der Waals surface area contributed by atoms with E-state index in [-0.39, 0.29) is 30.9 Å². The minimum atomic E-state index is -0.341. The van der Waals surface area contributed by atoms with Crippen LogP contribution in [0.3, 0.4) is 0 Å². The van der Waals surface area contributed by atoms with Crippen LogP contribution in [-0.2, 0) is 19.1 Å². The van der Waals surface area contributed by atoms with E-state index in [4.69, 9.17) is 9.47 Å². The van der Waals surface area contributed by atoms with Crippen molar-refractivity contribution in [2.75, 3.05) is 32.9 Å². The normalized spacial score (nSPS) is 15.4. The molecule has 0 aromatic heterocycles. The van der Waals surface area contributed by atoms with Gasteiger partial charge in [-0.25, -0.2) is 0 Å². The molecule has 0 aromatic rings. The largest absolute Gasteiger partial charge is 0.456 e. The second-order valence-electron chi connectivity index (χ2n) is 3.01. The monoisotopic (exact) mass is 237 g/mol. The summed E-state index contributed by atoms with van der Waals surface area (Å²) in [6.45, 7) is 3.85. The fourth-order valence-electron chi connectivity index (χ4n) is 1.15. The molecule has 88 valence electrons. The third-order valence-corrected chi connectivity index (χ3v) is 2.01. The van der Waals surface area contributed by atoms with Gasteiger partial charge < -0.3 is 14.4 Å². The number of hydrogen-bond donors (Lipinski definition) is 0. The van der Waals surface area contributed by atoms with Crippen LogP contribution in [0, 0.1) is 0 Å². The number of nitrogens with zero attached hydrogens (tertiary/aromatic N) is 1. The predicted molar refractivity (Wildman–Crippen MR) is 55.9 cm³/mol. The van der Waals surface area contributed by atoms with Crippen molar-refractivity contribution in [1.29, 1.82) is 0 Å². The topological polar surface area (TPSA) is 55.8 Å². The van der Waals surface area contributed by atoms with Crippen LogP contribution in [0.15, 0.2) is 0 Å². The lowest BCUT2D eigenvalue weighted by atomic mass is 10.4. The first kappa shape index (κ1) is 14.2. The highest BCUT2D eigenvalue weighted by Crippen LogP contribution is 1.98. The Morgan fingerprint density at radius 3 is 2.47 bits per heavy atom. The lowest BCUT2D eigenvalue weighted by molar-refractivity contribution is -0.153. The van der Waals surface area contributed by atoms with Gasteiger partial charge in [0.1, 0.15) is 0 Å². The molecule has 1 amide bonds. The van der Waals surface area contributed by atoms with E-state index in [1.165, 1.54) is 0 Å². The zero-order chi connectivity index (χ0) is 10.4. The van der Waals surface area contributed by atoms with E-state index < -0.39 is 0 Å². The summed E-state index contributed by atoms with van der Waals surface area (Å²) >= 11 is 0. The number of morpholine rings is 1. The summed E-state index contributed by atoms with van der Waals surface area (Å²) in [5.41, 5.74) is 0. The Balaban J connectivity index is 0.00000196. The van der Waals surface area contributed by atoms with Gasteiger partial charge in [0.05, 0.1) is 13.2 Å².